The maximum Gasteiger partial charge on any atom is 0.304 e. The van der Waals surface area contributed by atoms with Crippen molar-refractivity contribution in [3.63, 3.8) is 0 Å². The zero-order valence-corrected chi connectivity index (χ0v) is 8.67. The quantitative estimate of drug-likeness (QED) is 0.675. The Morgan fingerprint density at radius 3 is 2.23 bits per heavy atom. The van der Waals surface area contributed by atoms with Crippen LogP contribution in [0.15, 0.2) is 0 Å². The molecule has 0 aliphatic carbocycles. The van der Waals surface area contributed by atoms with Crippen molar-refractivity contribution >= 4 is 16.0 Å². The molecular formula is C7H15NO4S. The molecule has 0 heterocycles. The Labute approximate surface area is 78.4 Å². The molecule has 0 aromatic carbocycles. The van der Waals surface area contributed by atoms with E-state index < -0.39 is 16.0 Å². The summed E-state index contributed by atoms with van der Waals surface area (Å²) in [7, 11) is -3.25. The summed E-state index contributed by atoms with van der Waals surface area (Å²) in [4.78, 5) is 10.2. The SMILES string of the molecule is CCCN(CCC(=O)O)S(C)(=O)=O. The van der Waals surface area contributed by atoms with Crippen LogP contribution in [0.4, 0.5) is 0 Å². The van der Waals surface area contributed by atoms with E-state index in [-0.39, 0.29) is 13.0 Å². The van der Waals surface area contributed by atoms with Crippen molar-refractivity contribution in [2.75, 3.05) is 19.3 Å². The van der Waals surface area contributed by atoms with Gasteiger partial charge in [0.25, 0.3) is 0 Å². The Balaban J connectivity index is 4.19. The van der Waals surface area contributed by atoms with E-state index in [0.717, 1.165) is 6.26 Å². The Hall–Kier alpha value is -0.620. The molecule has 1 N–H and O–H groups in total. The van der Waals surface area contributed by atoms with Gasteiger partial charge in [-0.1, -0.05) is 6.92 Å². The Bertz CT molecular complexity index is 260. The number of nitrogens with zero attached hydrogens (tertiary/aromatic N) is 1. The summed E-state index contributed by atoms with van der Waals surface area (Å²) in [6.45, 7) is 2.28. The average molecular weight is 209 g/mol. The minimum atomic E-state index is -3.25. The fraction of sp³-hybridized carbons (Fsp3) is 0.857. The van der Waals surface area contributed by atoms with Gasteiger partial charge in [0.2, 0.25) is 10.0 Å². The number of sulfonamides is 1. The maximum atomic E-state index is 11.1. The highest BCUT2D eigenvalue weighted by atomic mass is 32.2. The lowest BCUT2D eigenvalue weighted by Gasteiger charge is -2.17. The first-order valence-corrected chi connectivity index (χ1v) is 5.89. The molecule has 0 rings (SSSR count). The molecule has 0 fully saturated rings. The Morgan fingerprint density at radius 1 is 1.38 bits per heavy atom. The van der Waals surface area contributed by atoms with Gasteiger partial charge in [-0.05, 0) is 6.42 Å². The summed E-state index contributed by atoms with van der Waals surface area (Å²) in [5.74, 6) is -0.982. The van der Waals surface area contributed by atoms with Crippen LogP contribution < -0.4 is 0 Å². The largest absolute Gasteiger partial charge is 0.481 e. The zero-order chi connectivity index (χ0) is 10.5. The summed E-state index contributed by atoms with van der Waals surface area (Å²) in [6, 6.07) is 0. The summed E-state index contributed by atoms with van der Waals surface area (Å²) >= 11 is 0. The third-order valence-corrected chi connectivity index (χ3v) is 2.82. The van der Waals surface area contributed by atoms with Gasteiger partial charge in [0.1, 0.15) is 0 Å². The Kier molecular flexibility index (Phi) is 4.94. The van der Waals surface area contributed by atoms with E-state index in [4.69, 9.17) is 5.11 Å². The molecule has 0 saturated carbocycles. The van der Waals surface area contributed by atoms with E-state index in [1.165, 1.54) is 4.31 Å². The molecule has 0 atom stereocenters. The predicted molar refractivity (Wildman–Crippen MR) is 49.0 cm³/mol. The van der Waals surface area contributed by atoms with E-state index in [9.17, 15) is 13.2 Å². The summed E-state index contributed by atoms with van der Waals surface area (Å²) in [5.41, 5.74) is 0. The average Bonchev–Trinajstić information content (AvgIpc) is 1.95. The highest BCUT2D eigenvalue weighted by Crippen LogP contribution is 2.00. The van der Waals surface area contributed by atoms with Gasteiger partial charge in [0.05, 0.1) is 12.7 Å². The van der Waals surface area contributed by atoms with Crippen LogP contribution in [0, 0.1) is 0 Å². The second-order valence-electron chi connectivity index (χ2n) is 2.81. The first-order valence-electron chi connectivity index (χ1n) is 4.05. The smallest absolute Gasteiger partial charge is 0.304 e. The monoisotopic (exact) mass is 209 g/mol. The first-order chi connectivity index (χ1) is 5.88. The van der Waals surface area contributed by atoms with Crippen molar-refractivity contribution in [2.24, 2.45) is 0 Å². The van der Waals surface area contributed by atoms with Crippen LogP contribution in [0.25, 0.3) is 0 Å². The van der Waals surface area contributed by atoms with E-state index in [1.54, 1.807) is 0 Å². The molecule has 0 bridgehead atoms. The minimum Gasteiger partial charge on any atom is -0.481 e. The van der Waals surface area contributed by atoms with Gasteiger partial charge >= 0.3 is 5.97 Å². The zero-order valence-electron chi connectivity index (χ0n) is 7.86. The molecule has 0 spiro atoms. The molecule has 0 aromatic rings. The normalized spacial score (nSPS) is 11.9. The molecule has 6 heteroatoms. The lowest BCUT2D eigenvalue weighted by atomic mass is 10.4. The molecule has 0 aliphatic heterocycles. The number of aliphatic carboxylic acids is 1. The molecule has 0 unspecified atom stereocenters. The van der Waals surface area contributed by atoms with E-state index >= 15 is 0 Å². The molecular weight excluding hydrogens is 194 g/mol. The van der Waals surface area contributed by atoms with Gasteiger partial charge < -0.3 is 5.11 Å². The van der Waals surface area contributed by atoms with Crippen molar-refractivity contribution in [3.05, 3.63) is 0 Å². The van der Waals surface area contributed by atoms with E-state index in [1.807, 2.05) is 6.92 Å². The molecule has 0 amide bonds. The van der Waals surface area contributed by atoms with Crippen molar-refractivity contribution in [1.82, 2.24) is 4.31 Å². The number of hydrogen-bond acceptors (Lipinski definition) is 3. The minimum absolute atomic E-state index is 0.0575. The third-order valence-electron chi connectivity index (χ3n) is 1.52. The number of carboxylic acids is 1. The van der Waals surface area contributed by atoms with E-state index in [0.29, 0.717) is 13.0 Å². The second-order valence-corrected chi connectivity index (χ2v) is 4.79. The van der Waals surface area contributed by atoms with Crippen molar-refractivity contribution in [2.45, 2.75) is 19.8 Å². The molecule has 0 aliphatic rings. The number of hydrogen-bond donors (Lipinski definition) is 1. The molecule has 0 aromatic heterocycles. The van der Waals surface area contributed by atoms with Crippen LogP contribution in [0.3, 0.4) is 0 Å². The summed E-state index contributed by atoms with van der Waals surface area (Å²) in [5, 5.41) is 8.37. The number of carbonyl (C=O) groups is 1. The third kappa shape index (κ3) is 5.59. The van der Waals surface area contributed by atoms with Crippen LogP contribution in [-0.4, -0.2) is 43.1 Å². The van der Waals surface area contributed by atoms with Crippen LogP contribution >= 0.6 is 0 Å². The highest BCUT2D eigenvalue weighted by molar-refractivity contribution is 7.88. The van der Waals surface area contributed by atoms with Crippen molar-refractivity contribution in [1.29, 1.82) is 0 Å². The molecule has 0 saturated heterocycles. The predicted octanol–water partition coefficient (Wildman–Crippen LogP) is 0.133. The molecule has 5 nitrogen and oxygen atoms in total. The van der Waals surface area contributed by atoms with Gasteiger partial charge in [-0.3, -0.25) is 4.79 Å². The molecule has 0 radical (unpaired) electrons. The molecule has 13 heavy (non-hydrogen) atoms. The highest BCUT2D eigenvalue weighted by Gasteiger charge is 2.15. The standard InChI is InChI=1S/C7H15NO4S/c1-3-5-8(13(2,11)12)6-4-7(9)10/h3-6H2,1-2H3,(H,9,10). The van der Waals surface area contributed by atoms with Crippen molar-refractivity contribution < 1.29 is 18.3 Å². The van der Waals surface area contributed by atoms with E-state index in [2.05, 4.69) is 0 Å². The van der Waals surface area contributed by atoms with Gasteiger partial charge in [0.15, 0.2) is 0 Å². The van der Waals surface area contributed by atoms with Crippen LogP contribution in [0.1, 0.15) is 19.8 Å². The number of carboxylic acid groups (broad SMARTS) is 1. The lowest BCUT2D eigenvalue weighted by molar-refractivity contribution is -0.137. The second kappa shape index (κ2) is 5.18. The van der Waals surface area contributed by atoms with Crippen LogP contribution in [-0.2, 0) is 14.8 Å². The lowest BCUT2D eigenvalue weighted by Crippen LogP contribution is -2.32. The fourth-order valence-electron chi connectivity index (χ4n) is 0.913. The van der Waals surface area contributed by atoms with Gasteiger partial charge in [-0.25, -0.2) is 12.7 Å². The van der Waals surface area contributed by atoms with Crippen molar-refractivity contribution in [3.8, 4) is 0 Å². The fourth-order valence-corrected chi connectivity index (χ4v) is 1.85. The molecule has 78 valence electrons. The van der Waals surface area contributed by atoms with Gasteiger partial charge in [0, 0.05) is 13.1 Å². The summed E-state index contributed by atoms with van der Waals surface area (Å²) in [6.07, 6.45) is 1.63. The first kappa shape index (κ1) is 12.4. The number of rotatable bonds is 6. The van der Waals surface area contributed by atoms with Crippen LogP contribution in [0.2, 0.25) is 0 Å². The Morgan fingerprint density at radius 2 is 1.92 bits per heavy atom. The topological polar surface area (TPSA) is 74.7 Å². The summed E-state index contributed by atoms with van der Waals surface area (Å²) < 4.78 is 23.3. The van der Waals surface area contributed by atoms with Crippen LogP contribution in [0.5, 0.6) is 0 Å². The van der Waals surface area contributed by atoms with Gasteiger partial charge in [-0.15, -0.1) is 0 Å². The maximum absolute atomic E-state index is 11.1. The van der Waals surface area contributed by atoms with Gasteiger partial charge in [-0.2, -0.15) is 0 Å².